The Morgan fingerprint density at radius 3 is 2.58 bits per heavy atom. The van der Waals surface area contributed by atoms with Crippen molar-refractivity contribution in [1.82, 2.24) is 19.2 Å². The molecule has 2 aliphatic rings. The van der Waals surface area contributed by atoms with E-state index in [1.54, 1.807) is 21.6 Å². The van der Waals surface area contributed by atoms with Crippen LogP contribution in [0.1, 0.15) is 31.4 Å². The standard InChI is InChI=1S/C22H27N5O2S2/c1-4-8-26-21(29)17(31-22(26)30)13-16-19(25-11-9-24(5-2)10-12-25)23-18-7-6-15(3)14-27(18)20(16)28/h6-7,13-14H,4-5,8-12H2,1-3H3/b17-13+. The molecule has 7 nitrogen and oxygen atoms in total. The van der Waals surface area contributed by atoms with Crippen LogP contribution in [0.2, 0.25) is 0 Å². The van der Waals surface area contributed by atoms with E-state index >= 15 is 0 Å². The first-order valence-corrected chi connectivity index (χ1v) is 11.9. The van der Waals surface area contributed by atoms with Crippen LogP contribution in [-0.4, -0.2) is 68.7 Å². The fourth-order valence-electron chi connectivity index (χ4n) is 3.94. The van der Waals surface area contributed by atoms with Crippen molar-refractivity contribution in [2.24, 2.45) is 0 Å². The number of anilines is 1. The van der Waals surface area contributed by atoms with Crippen molar-refractivity contribution < 1.29 is 4.79 Å². The molecule has 164 valence electrons. The summed E-state index contributed by atoms with van der Waals surface area (Å²) < 4.78 is 2.11. The van der Waals surface area contributed by atoms with Crippen LogP contribution in [0, 0.1) is 6.92 Å². The van der Waals surface area contributed by atoms with Gasteiger partial charge in [0, 0.05) is 38.9 Å². The Morgan fingerprint density at radius 2 is 1.90 bits per heavy atom. The molecule has 2 saturated heterocycles. The molecule has 0 N–H and O–H groups in total. The van der Waals surface area contributed by atoms with E-state index in [0.717, 1.165) is 44.7 Å². The molecule has 2 aromatic heterocycles. The lowest BCUT2D eigenvalue weighted by Crippen LogP contribution is -2.47. The summed E-state index contributed by atoms with van der Waals surface area (Å²) in [5.41, 5.74) is 1.87. The number of thiocarbonyl (C=S) groups is 1. The lowest BCUT2D eigenvalue weighted by molar-refractivity contribution is -0.122. The second kappa shape index (κ2) is 9.10. The zero-order valence-electron chi connectivity index (χ0n) is 18.1. The number of aromatic nitrogens is 2. The fraction of sp³-hybridized carbons (Fsp3) is 0.455. The van der Waals surface area contributed by atoms with Crippen LogP contribution in [0.3, 0.4) is 0 Å². The predicted molar refractivity (Wildman–Crippen MR) is 131 cm³/mol. The molecule has 0 radical (unpaired) electrons. The number of fused-ring (bicyclic) bond motifs is 1. The van der Waals surface area contributed by atoms with Crippen molar-refractivity contribution >= 4 is 51.7 Å². The van der Waals surface area contributed by atoms with Gasteiger partial charge in [0.25, 0.3) is 11.5 Å². The molecule has 4 heterocycles. The summed E-state index contributed by atoms with van der Waals surface area (Å²) in [6.07, 6.45) is 4.32. The van der Waals surface area contributed by atoms with Gasteiger partial charge in [0.05, 0.1) is 10.5 Å². The monoisotopic (exact) mass is 457 g/mol. The maximum Gasteiger partial charge on any atom is 0.267 e. The topological polar surface area (TPSA) is 61.2 Å². The maximum absolute atomic E-state index is 13.5. The van der Waals surface area contributed by atoms with Gasteiger partial charge in [-0.1, -0.05) is 43.9 Å². The van der Waals surface area contributed by atoms with Crippen molar-refractivity contribution in [3.63, 3.8) is 0 Å². The van der Waals surface area contributed by atoms with E-state index in [1.807, 2.05) is 26.0 Å². The van der Waals surface area contributed by atoms with Gasteiger partial charge in [-0.3, -0.25) is 18.9 Å². The van der Waals surface area contributed by atoms with Gasteiger partial charge >= 0.3 is 0 Å². The number of nitrogens with zero attached hydrogens (tertiary/aromatic N) is 5. The first-order valence-electron chi connectivity index (χ1n) is 10.7. The Labute approximate surface area is 191 Å². The minimum absolute atomic E-state index is 0.132. The zero-order valence-corrected chi connectivity index (χ0v) is 19.8. The minimum atomic E-state index is -0.164. The molecular weight excluding hydrogens is 430 g/mol. The molecule has 0 bridgehead atoms. The van der Waals surface area contributed by atoms with Crippen molar-refractivity contribution in [3.05, 3.63) is 44.7 Å². The SMILES string of the molecule is CCCN1C(=O)/C(=C\c2c(N3CCN(CC)CC3)nc3ccc(C)cn3c2=O)SC1=S. The average molecular weight is 458 g/mol. The molecule has 0 unspecified atom stereocenters. The number of hydrogen-bond acceptors (Lipinski definition) is 7. The third-order valence-electron chi connectivity index (χ3n) is 5.70. The molecule has 31 heavy (non-hydrogen) atoms. The van der Waals surface area contributed by atoms with Crippen molar-refractivity contribution in [2.75, 3.05) is 44.2 Å². The average Bonchev–Trinajstić information content (AvgIpc) is 3.03. The lowest BCUT2D eigenvalue weighted by Gasteiger charge is -2.35. The molecule has 1 amide bonds. The first kappa shape index (κ1) is 22.0. The highest BCUT2D eigenvalue weighted by Crippen LogP contribution is 2.33. The van der Waals surface area contributed by atoms with Gasteiger partial charge in [-0.05, 0) is 37.6 Å². The van der Waals surface area contributed by atoms with E-state index in [1.165, 1.54) is 11.8 Å². The van der Waals surface area contributed by atoms with Crippen LogP contribution < -0.4 is 10.5 Å². The van der Waals surface area contributed by atoms with Crippen LogP contribution in [0.5, 0.6) is 0 Å². The summed E-state index contributed by atoms with van der Waals surface area (Å²) in [6.45, 7) is 11.1. The number of carbonyl (C=O) groups is 1. The number of likely N-dealkylation sites (N-methyl/N-ethyl adjacent to an activating group) is 1. The fourth-order valence-corrected chi connectivity index (χ4v) is 5.23. The van der Waals surface area contributed by atoms with E-state index in [0.29, 0.717) is 32.8 Å². The normalized spacial score (nSPS) is 19.3. The number of rotatable bonds is 5. The Hall–Kier alpha value is -2.23. The summed E-state index contributed by atoms with van der Waals surface area (Å²) in [5.74, 6) is 0.512. The van der Waals surface area contributed by atoms with Gasteiger partial charge in [-0.15, -0.1) is 0 Å². The molecule has 0 aromatic carbocycles. The van der Waals surface area contributed by atoms with Crippen molar-refractivity contribution in [3.8, 4) is 0 Å². The van der Waals surface area contributed by atoms with E-state index < -0.39 is 0 Å². The summed E-state index contributed by atoms with van der Waals surface area (Å²) in [6, 6.07) is 3.82. The van der Waals surface area contributed by atoms with Crippen LogP contribution in [-0.2, 0) is 4.79 Å². The van der Waals surface area contributed by atoms with Gasteiger partial charge in [0.1, 0.15) is 15.8 Å². The second-order valence-electron chi connectivity index (χ2n) is 7.84. The number of pyridine rings is 1. The molecule has 0 saturated carbocycles. The Balaban J connectivity index is 1.83. The first-order chi connectivity index (χ1) is 14.9. The number of carbonyl (C=O) groups excluding carboxylic acids is 1. The predicted octanol–water partition coefficient (Wildman–Crippen LogP) is 2.76. The largest absolute Gasteiger partial charge is 0.353 e. The van der Waals surface area contributed by atoms with Crippen molar-refractivity contribution in [1.29, 1.82) is 0 Å². The summed E-state index contributed by atoms with van der Waals surface area (Å²) >= 11 is 6.66. The van der Waals surface area contributed by atoms with Gasteiger partial charge in [0.2, 0.25) is 0 Å². The third kappa shape index (κ3) is 4.26. The van der Waals surface area contributed by atoms with Crippen LogP contribution in [0.15, 0.2) is 28.0 Å². The van der Waals surface area contributed by atoms with E-state index in [-0.39, 0.29) is 11.5 Å². The molecule has 2 aliphatic heterocycles. The number of hydrogen-bond donors (Lipinski definition) is 0. The van der Waals surface area contributed by atoms with Crippen LogP contribution >= 0.6 is 24.0 Å². The molecule has 2 aromatic rings. The third-order valence-corrected chi connectivity index (χ3v) is 7.08. The number of thioether (sulfide) groups is 1. The quantitative estimate of drug-likeness (QED) is 0.505. The van der Waals surface area contributed by atoms with E-state index in [4.69, 9.17) is 17.2 Å². The molecule has 2 fully saturated rings. The number of aryl methyl sites for hydroxylation is 1. The van der Waals surface area contributed by atoms with Crippen LogP contribution in [0.25, 0.3) is 11.7 Å². The molecule has 0 spiro atoms. The van der Waals surface area contributed by atoms with Gasteiger partial charge in [-0.2, -0.15) is 0 Å². The van der Waals surface area contributed by atoms with Gasteiger partial charge in [0.15, 0.2) is 0 Å². The lowest BCUT2D eigenvalue weighted by atomic mass is 10.2. The molecule has 0 aliphatic carbocycles. The van der Waals surface area contributed by atoms with Crippen LogP contribution in [0.4, 0.5) is 5.82 Å². The highest BCUT2D eigenvalue weighted by Gasteiger charge is 2.32. The van der Waals surface area contributed by atoms with E-state index in [9.17, 15) is 9.59 Å². The Kier molecular flexibility index (Phi) is 6.45. The Bertz CT molecular complexity index is 1120. The summed E-state index contributed by atoms with van der Waals surface area (Å²) in [4.78, 5) is 37.9. The molecule has 0 atom stereocenters. The molecule has 9 heteroatoms. The summed E-state index contributed by atoms with van der Waals surface area (Å²) in [7, 11) is 0. The maximum atomic E-state index is 13.5. The second-order valence-corrected chi connectivity index (χ2v) is 9.52. The zero-order chi connectivity index (χ0) is 22.1. The Morgan fingerprint density at radius 1 is 1.16 bits per heavy atom. The van der Waals surface area contributed by atoms with Gasteiger partial charge in [-0.25, -0.2) is 4.98 Å². The smallest absolute Gasteiger partial charge is 0.267 e. The molecular formula is C22H27N5O2S2. The van der Waals surface area contributed by atoms with Crippen molar-refractivity contribution in [2.45, 2.75) is 27.2 Å². The van der Waals surface area contributed by atoms with Gasteiger partial charge < -0.3 is 9.80 Å². The highest BCUT2D eigenvalue weighted by atomic mass is 32.2. The van der Waals surface area contributed by atoms with E-state index in [2.05, 4.69) is 16.7 Å². The number of amides is 1. The minimum Gasteiger partial charge on any atom is -0.353 e. The summed E-state index contributed by atoms with van der Waals surface area (Å²) in [5, 5.41) is 0. The highest BCUT2D eigenvalue weighted by molar-refractivity contribution is 8.26. The molecule has 4 rings (SSSR count). The number of piperazine rings is 1.